The first kappa shape index (κ1) is 30.0. The largest absolute Gasteiger partial charge is 0.193 e. The molecule has 0 N–H and O–H groups in total. The molecular weight excluding hydrogens is 665 g/mol. The van der Waals surface area contributed by atoms with Crippen LogP contribution in [0.3, 0.4) is 0 Å². The lowest BCUT2D eigenvalue weighted by atomic mass is 10.4. The van der Waals surface area contributed by atoms with Crippen LogP contribution in [-0.2, 0) is 0 Å². The van der Waals surface area contributed by atoms with Crippen LogP contribution in [0.25, 0.3) is 0 Å². The summed E-state index contributed by atoms with van der Waals surface area (Å²) in [7, 11) is -7.29. The molecule has 1 saturated heterocycles. The van der Waals surface area contributed by atoms with E-state index in [0.29, 0.717) is 8.57 Å². The van der Waals surface area contributed by atoms with Crippen molar-refractivity contribution in [1.82, 2.24) is 0 Å². The van der Waals surface area contributed by atoms with Crippen LogP contribution in [-0.4, -0.2) is 50.4 Å². The van der Waals surface area contributed by atoms with E-state index in [2.05, 4.69) is 98.2 Å². The molecule has 1 aliphatic heterocycles. The smallest absolute Gasteiger partial charge is 0.128 e. The fourth-order valence-electron chi connectivity index (χ4n) is 7.95. The molecule has 0 atom stereocenters. The van der Waals surface area contributed by atoms with Gasteiger partial charge in [-0.15, -0.1) is 45.9 Å². The highest BCUT2D eigenvalue weighted by atomic mass is 79.9. The Bertz CT molecular complexity index is 561. The summed E-state index contributed by atoms with van der Waals surface area (Å²) in [6, 6.07) is 0. The van der Waals surface area contributed by atoms with Gasteiger partial charge in [0.1, 0.15) is 6.21 Å². The van der Waals surface area contributed by atoms with E-state index in [4.69, 9.17) is 45.9 Å². The van der Waals surface area contributed by atoms with Gasteiger partial charge in [0.05, 0.1) is 7.59 Å². The van der Waals surface area contributed by atoms with Crippen molar-refractivity contribution in [2.45, 2.75) is 120 Å². The van der Waals surface area contributed by atoms with Crippen LogP contribution in [0.5, 0.6) is 0 Å². The molecule has 29 heavy (non-hydrogen) atoms. The van der Waals surface area contributed by atoms with Crippen LogP contribution >= 0.6 is 45.9 Å². The maximum Gasteiger partial charge on any atom is 0.193 e. The summed E-state index contributed by atoms with van der Waals surface area (Å²) in [4.78, 5) is 0. The molecule has 1 fully saturated rings. The van der Waals surface area contributed by atoms with Crippen molar-refractivity contribution in [2.75, 3.05) is 0 Å². The summed E-state index contributed by atoms with van der Waals surface area (Å²) in [6.07, 6.45) is 1.07. The molecule has 10 heteroatoms. The second kappa shape index (κ2) is 7.99. The summed E-state index contributed by atoms with van der Waals surface area (Å²) in [5, 5.41) is 0. The zero-order valence-corrected chi connectivity index (χ0v) is 33.8. The van der Waals surface area contributed by atoms with Crippen LogP contribution in [0.15, 0.2) is 0 Å². The Hall–Kier alpha value is 2.96. The Morgan fingerprint density at radius 1 is 0.517 bits per heavy atom. The van der Waals surface area contributed by atoms with Gasteiger partial charge in [-0.2, -0.15) is 0 Å². The van der Waals surface area contributed by atoms with Gasteiger partial charge in [-0.05, 0) is 8.57 Å². The van der Waals surface area contributed by atoms with E-state index in [9.17, 15) is 0 Å². The van der Waals surface area contributed by atoms with Gasteiger partial charge in [0, 0.05) is 32.3 Å². The van der Waals surface area contributed by atoms with E-state index in [1.807, 2.05) is 0 Å². The highest BCUT2D eigenvalue weighted by molar-refractivity contribution is 9.59. The van der Waals surface area contributed by atoms with Crippen LogP contribution in [0, 0.1) is 0 Å². The Morgan fingerprint density at radius 3 is 0.862 bits per heavy atom. The van der Waals surface area contributed by atoms with E-state index < -0.39 is 50.4 Å². The summed E-state index contributed by atoms with van der Waals surface area (Å²) in [6.45, 7) is 40.9. The van der Waals surface area contributed by atoms with Crippen molar-refractivity contribution >= 4 is 96.3 Å². The highest BCUT2D eigenvalue weighted by Gasteiger charge is 2.86. The summed E-state index contributed by atoms with van der Waals surface area (Å²) >= 11 is 14.5. The lowest BCUT2D eigenvalue weighted by Crippen LogP contribution is -2.84. The standard InChI is InChI=1S/C19H49Br3Si7/c1-23(2,3)18(24(4,5)6)16-17-19(25(7,8)9,26(10,11)12)28(18,20)29(21,22)27(13,14)15/h16-17H2,1-15H3. The van der Waals surface area contributed by atoms with Gasteiger partial charge >= 0.3 is 0 Å². The molecule has 0 aromatic heterocycles. The minimum absolute atomic E-state index is 0.618. The third-order valence-corrected chi connectivity index (χ3v) is 131. The summed E-state index contributed by atoms with van der Waals surface area (Å²) in [5.41, 5.74) is 0. The first-order valence-electron chi connectivity index (χ1n) is 11.3. The first-order chi connectivity index (χ1) is 12.2. The Labute approximate surface area is 213 Å². The zero-order valence-electron chi connectivity index (χ0n) is 22.0. The van der Waals surface area contributed by atoms with Crippen molar-refractivity contribution in [3.63, 3.8) is 0 Å². The quantitative estimate of drug-likeness (QED) is 0.190. The maximum absolute atomic E-state index is 5.07. The van der Waals surface area contributed by atoms with E-state index in [-0.39, 0.29) is 0 Å². The number of hydrogen-bond donors (Lipinski definition) is 0. The average molecular weight is 714 g/mol. The Balaban J connectivity index is 4.42. The van der Waals surface area contributed by atoms with Gasteiger partial charge in [-0.3, -0.25) is 0 Å². The molecule has 0 spiro atoms. The van der Waals surface area contributed by atoms with Crippen LogP contribution in [0.1, 0.15) is 12.8 Å². The van der Waals surface area contributed by atoms with Crippen molar-refractivity contribution in [1.29, 1.82) is 0 Å². The van der Waals surface area contributed by atoms with Crippen LogP contribution in [0.4, 0.5) is 0 Å². The number of hydrogen-bond acceptors (Lipinski definition) is 0. The summed E-state index contributed by atoms with van der Waals surface area (Å²) < 4.78 is -0.611. The normalized spacial score (nSPS) is 23.4. The van der Waals surface area contributed by atoms with Gasteiger partial charge in [0.15, 0.2) is 4.35 Å². The average Bonchev–Trinajstić information content (AvgIpc) is 2.67. The molecule has 0 aromatic carbocycles. The fourth-order valence-corrected chi connectivity index (χ4v) is 163. The monoisotopic (exact) mass is 710 g/mol. The van der Waals surface area contributed by atoms with Gasteiger partial charge < -0.3 is 0 Å². The molecule has 0 amide bonds. The molecular formula is C19H49Br3Si7. The zero-order chi connectivity index (χ0) is 23.9. The lowest BCUT2D eigenvalue weighted by Gasteiger charge is -2.69. The minimum Gasteiger partial charge on any atom is -0.128 e. The molecule has 0 nitrogen and oxygen atoms in total. The number of rotatable bonds is 6. The second-order valence-corrected chi connectivity index (χ2v) is 85.5. The predicted octanol–water partition coefficient (Wildman–Crippen LogP) is 9.84. The van der Waals surface area contributed by atoms with Crippen molar-refractivity contribution in [3.8, 4) is 0 Å². The summed E-state index contributed by atoms with van der Waals surface area (Å²) in [5.74, 6) is 0. The fraction of sp³-hybridized carbons (Fsp3) is 1.00. The molecule has 0 aromatic rings. The number of halogens is 3. The van der Waals surface area contributed by atoms with Crippen molar-refractivity contribution in [3.05, 3.63) is 0 Å². The first-order valence-corrected chi connectivity index (χ1v) is 41.5. The topological polar surface area (TPSA) is 0 Å². The molecule has 0 bridgehead atoms. The Morgan fingerprint density at radius 2 is 0.724 bits per heavy atom. The van der Waals surface area contributed by atoms with E-state index in [0.717, 1.165) is 0 Å². The van der Waals surface area contributed by atoms with Crippen LogP contribution in [0.2, 0.25) is 107 Å². The maximum atomic E-state index is 5.07. The van der Waals surface area contributed by atoms with E-state index >= 15 is 0 Å². The highest BCUT2D eigenvalue weighted by Crippen LogP contribution is 2.81. The SMILES string of the molecule is C[Si](C)(C)C1([Si](C)(C)C)CCC([Si](C)(C)C)([Si](C)(C)C)[Si]1(Br)[Si](Br)(Br)[Si](C)(C)C. The molecule has 1 aliphatic rings. The second-order valence-electron chi connectivity index (χ2n) is 14.8. The van der Waals surface area contributed by atoms with Gasteiger partial charge in [-0.1, -0.05) is 111 Å². The van der Waals surface area contributed by atoms with Gasteiger partial charge in [0.25, 0.3) is 0 Å². The molecule has 1 heterocycles. The van der Waals surface area contributed by atoms with Crippen molar-refractivity contribution in [2.24, 2.45) is 0 Å². The van der Waals surface area contributed by atoms with Crippen molar-refractivity contribution < 1.29 is 0 Å². The van der Waals surface area contributed by atoms with E-state index in [1.165, 1.54) is 12.8 Å². The van der Waals surface area contributed by atoms with Gasteiger partial charge in [0.2, 0.25) is 0 Å². The molecule has 0 aliphatic carbocycles. The molecule has 0 saturated carbocycles. The van der Waals surface area contributed by atoms with Crippen LogP contribution < -0.4 is 0 Å². The lowest BCUT2D eigenvalue weighted by molar-refractivity contribution is 0.763. The molecule has 174 valence electrons. The predicted molar refractivity (Wildman–Crippen MR) is 170 cm³/mol. The molecule has 0 radical (unpaired) electrons. The third-order valence-electron chi connectivity index (χ3n) is 8.55. The molecule has 1 rings (SSSR count). The Kier molecular flexibility index (Phi) is 8.27. The van der Waals surface area contributed by atoms with E-state index in [1.54, 1.807) is 0 Å². The van der Waals surface area contributed by atoms with Gasteiger partial charge in [-0.25, -0.2) is 0 Å². The minimum atomic E-state index is -1.96. The third kappa shape index (κ3) is 3.86. The molecule has 0 unspecified atom stereocenters.